The second-order valence-electron chi connectivity index (χ2n) is 2.47. The van der Waals surface area contributed by atoms with E-state index in [2.05, 4.69) is 5.32 Å². The minimum absolute atomic E-state index is 0.865. The summed E-state index contributed by atoms with van der Waals surface area (Å²) in [6, 6.07) is 0. The van der Waals surface area contributed by atoms with Gasteiger partial charge in [-0.2, -0.15) is 0 Å². The van der Waals surface area contributed by atoms with E-state index < -0.39 is 10.8 Å². The summed E-state index contributed by atoms with van der Waals surface area (Å²) in [4.78, 5) is 0.874. The fourth-order valence-electron chi connectivity index (χ4n) is 0.940. The molecular formula is C9H17NOS. The first kappa shape index (κ1) is 11.4. The monoisotopic (exact) mass is 187 g/mol. The van der Waals surface area contributed by atoms with Crippen LogP contribution in [-0.4, -0.2) is 17.0 Å². The highest BCUT2D eigenvalue weighted by atomic mass is 32.2. The molecule has 0 fully saturated rings. The molecule has 2 nitrogen and oxygen atoms in total. The minimum atomic E-state index is -0.904. The molecule has 3 heteroatoms. The van der Waals surface area contributed by atoms with Crippen LogP contribution in [0.4, 0.5) is 0 Å². The Balaban J connectivity index is 4.67. The third-order valence-electron chi connectivity index (χ3n) is 1.44. The van der Waals surface area contributed by atoms with Crippen LogP contribution in [0.15, 0.2) is 22.8 Å². The topological polar surface area (TPSA) is 29.1 Å². The summed E-state index contributed by atoms with van der Waals surface area (Å²) < 4.78 is 11.2. The Bertz CT molecular complexity index is 219. The quantitative estimate of drug-likeness (QED) is 0.680. The van der Waals surface area contributed by atoms with Crippen LogP contribution >= 0.6 is 0 Å². The van der Waals surface area contributed by atoms with E-state index >= 15 is 0 Å². The fraction of sp³-hybridized carbons (Fsp3) is 0.556. The van der Waals surface area contributed by atoms with E-state index in [9.17, 15) is 4.21 Å². The molecule has 1 unspecified atom stereocenters. The highest BCUT2D eigenvalue weighted by Crippen LogP contribution is 2.06. The van der Waals surface area contributed by atoms with Crippen LogP contribution in [0.2, 0.25) is 0 Å². The molecule has 0 aromatic heterocycles. The predicted octanol–water partition coefficient (Wildman–Crippen LogP) is 1.78. The van der Waals surface area contributed by atoms with Crippen molar-refractivity contribution in [2.75, 3.05) is 12.8 Å². The molecule has 0 rings (SSSR count). The Hall–Kier alpha value is -0.570. The molecule has 0 spiro atoms. The molecule has 0 heterocycles. The van der Waals surface area contributed by atoms with E-state index in [0.29, 0.717) is 0 Å². The molecule has 70 valence electrons. The Morgan fingerprint density at radius 3 is 2.50 bits per heavy atom. The van der Waals surface area contributed by atoms with E-state index in [1.54, 1.807) is 6.26 Å². The van der Waals surface area contributed by atoms with Crippen LogP contribution in [0.25, 0.3) is 0 Å². The lowest BCUT2D eigenvalue weighted by Gasteiger charge is -2.06. The molecule has 12 heavy (non-hydrogen) atoms. The Morgan fingerprint density at radius 2 is 2.17 bits per heavy atom. The van der Waals surface area contributed by atoms with Crippen LogP contribution in [0, 0.1) is 0 Å². The van der Waals surface area contributed by atoms with Crippen molar-refractivity contribution in [3.63, 3.8) is 0 Å². The normalized spacial score (nSPS) is 16.0. The van der Waals surface area contributed by atoms with Crippen molar-refractivity contribution in [2.45, 2.75) is 20.8 Å². The Kier molecular flexibility index (Phi) is 5.72. The van der Waals surface area contributed by atoms with Crippen molar-refractivity contribution in [2.24, 2.45) is 0 Å². The molecule has 0 aromatic rings. The van der Waals surface area contributed by atoms with Gasteiger partial charge >= 0.3 is 0 Å². The van der Waals surface area contributed by atoms with E-state index in [1.165, 1.54) is 0 Å². The van der Waals surface area contributed by atoms with Gasteiger partial charge in [0.1, 0.15) is 0 Å². The Morgan fingerprint density at radius 1 is 1.58 bits per heavy atom. The highest BCUT2D eigenvalue weighted by Gasteiger charge is 2.01. The molecule has 0 radical (unpaired) electrons. The zero-order chi connectivity index (χ0) is 9.56. The van der Waals surface area contributed by atoms with Crippen molar-refractivity contribution in [3.05, 3.63) is 22.8 Å². The lowest BCUT2D eigenvalue weighted by atomic mass is 10.4. The number of nitrogens with one attached hydrogen (secondary N) is 1. The van der Waals surface area contributed by atoms with Gasteiger partial charge in [0.25, 0.3) is 0 Å². The molecule has 0 bridgehead atoms. The van der Waals surface area contributed by atoms with Crippen LogP contribution in [0.5, 0.6) is 0 Å². The zero-order valence-electron chi connectivity index (χ0n) is 8.18. The number of allylic oxidation sites excluding steroid dienone is 3. The van der Waals surface area contributed by atoms with Gasteiger partial charge in [-0.25, -0.2) is 0 Å². The molecule has 0 aliphatic rings. The molecular weight excluding hydrogens is 170 g/mol. The first-order valence-corrected chi connectivity index (χ1v) is 5.60. The average molecular weight is 187 g/mol. The third-order valence-corrected chi connectivity index (χ3v) is 2.50. The maximum absolute atomic E-state index is 11.2. The largest absolute Gasteiger partial charge is 0.388 e. The summed E-state index contributed by atoms with van der Waals surface area (Å²) in [6.07, 6.45) is 5.47. The maximum atomic E-state index is 11.2. The number of rotatable bonds is 4. The van der Waals surface area contributed by atoms with E-state index in [4.69, 9.17) is 0 Å². The van der Waals surface area contributed by atoms with Crippen LogP contribution in [0.1, 0.15) is 20.8 Å². The van der Waals surface area contributed by atoms with E-state index in [-0.39, 0.29) is 0 Å². The number of hydrogen-bond acceptors (Lipinski definition) is 2. The van der Waals surface area contributed by atoms with Gasteiger partial charge in [0, 0.05) is 18.5 Å². The van der Waals surface area contributed by atoms with Crippen LogP contribution in [-0.2, 0) is 10.8 Å². The van der Waals surface area contributed by atoms with Crippen molar-refractivity contribution in [3.8, 4) is 0 Å². The predicted molar refractivity (Wildman–Crippen MR) is 55.3 cm³/mol. The molecule has 0 aromatic carbocycles. The molecule has 0 saturated carbocycles. The van der Waals surface area contributed by atoms with Gasteiger partial charge in [-0.1, -0.05) is 6.08 Å². The Labute approximate surface area is 77.2 Å². The summed E-state index contributed by atoms with van der Waals surface area (Å²) in [7, 11) is -0.904. The third kappa shape index (κ3) is 3.72. The van der Waals surface area contributed by atoms with Gasteiger partial charge in [-0.15, -0.1) is 0 Å². The number of hydrogen-bond donors (Lipinski definition) is 1. The molecule has 0 aliphatic carbocycles. The molecule has 0 aliphatic heterocycles. The van der Waals surface area contributed by atoms with E-state index in [0.717, 1.165) is 17.1 Å². The van der Waals surface area contributed by atoms with Crippen molar-refractivity contribution in [1.29, 1.82) is 0 Å². The molecule has 0 amide bonds. The fourth-order valence-corrected chi connectivity index (χ4v) is 1.77. The van der Waals surface area contributed by atoms with Crippen molar-refractivity contribution >= 4 is 10.8 Å². The SMILES string of the molecule is C/C=C\C(=C(/C)NCC)S(C)=O. The summed E-state index contributed by atoms with van der Waals surface area (Å²) in [5.41, 5.74) is 0.997. The van der Waals surface area contributed by atoms with Gasteiger partial charge in [0.15, 0.2) is 0 Å². The van der Waals surface area contributed by atoms with Crippen LogP contribution < -0.4 is 5.32 Å². The second kappa shape index (κ2) is 6.00. The average Bonchev–Trinajstić information content (AvgIpc) is 1.99. The summed E-state index contributed by atoms with van der Waals surface area (Å²) in [5, 5.41) is 3.15. The standard InChI is InChI=1S/C9H17NOS/c1-5-7-9(12(4)11)8(3)10-6-2/h5,7,10H,6H2,1-4H3/b7-5-,9-8-. The van der Waals surface area contributed by atoms with Crippen LogP contribution in [0.3, 0.4) is 0 Å². The van der Waals surface area contributed by atoms with Crippen molar-refractivity contribution in [1.82, 2.24) is 5.32 Å². The first-order chi connectivity index (χ1) is 5.63. The van der Waals surface area contributed by atoms with Gasteiger partial charge in [-0.05, 0) is 26.8 Å². The van der Waals surface area contributed by atoms with Crippen molar-refractivity contribution < 1.29 is 4.21 Å². The van der Waals surface area contributed by atoms with E-state index in [1.807, 2.05) is 32.9 Å². The van der Waals surface area contributed by atoms with Gasteiger partial charge in [0.05, 0.1) is 15.7 Å². The second-order valence-corrected chi connectivity index (χ2v) is 3.82. The first-order valence-electron chi connectivity index (χ1n) is 4.04. The summed E-state index contributed by atoms with van der Waals surface area (Å²) in [5.74, 6) is 0. The highest BCUT2D eigenvalue weighted by molar-refractivity contribution is 7.88. The molecule has 1 N–H and O–H groups in total. The zero-order valence-corrected chi connectivity index (χ0v) is 8.99. The summed E-state index contributed by atoms with van der Waals surface area (Å²) in [6.45, 7) is 6.76. The lowest BCUT2D eigenvalue weighted by molar-refractivity contribution is 0.690. The smallest absolute Gasteiger partial charge is 0.0568 e. The summed E-state index contributed by atoms with van der Waals surface area (Å²) >= 11 is 0. The van der Waals surface area contributed by atoms with Gasteiger partial charge < -0.3 is 5.32 Å². The van der Waals surface area contributed by atoms with Gasteiger partial charge in [-0.3, -0.25) is 4.21 Å². The van der Waals surface area contributed by atoms with Gasteiger partial charge in [0.2, 0.25) is 0 Å². The molecule has 0 saturated heterocycles. The lowest BCUT2D eigenvalue weighted by Crippen LogP contribution is -2.12. The minimum Gasteiger partial charge on any atom is -0.388 e. The molecule has 1 atom stereocenters. The maximum Gasteiger partial charge on any atom is 0.0568 e.